The van der Waals surface area contributed by atoms with Crippen molar-refractivity contribution in [2.24, 2.45) is 44.8 Å². The zero-order valence-corrected chi connectivity index (χ0v) is 33.6. The summed E-state index contributed by atoms with van der Waals surface area (Å²) in [5, 5.41) is 97.2. The second kappa shape index (κ2) is 13.2. The fourth-order valence-electron chi connectivity index (χ4n) is 14.9. The Hall–Kier alpha value is -0.560. The summed E-state index contributed by atoms with van der Waals surface area (Å²) in [7, 11) is 0. The van der Waals surface area contributed by atoms with Crippen LogP contribution in [-0.2, 0) is 23.7 Å². The van der Waals surface area contributed by atoms with Gasteiger partial charge in [-0.1, -0.05) is 27.7 Å². The van der Waals surface area contributed by atoms with Crippen LogP contribution in [0.1, 0.15) is 106 Å². The van der Waals surface area contributed by atoms with Gasteiger partial charge in [0.25, 0.3) is 0 Å². The van der Waals surface area contributed by atoms with Crippen molar-refractivity contribution >= 4 is 0 Å². The first-order valence-corrected chi connectivity index (χ1v) is 20.9. The van der Waals surface area contributed by atoms with Crippen LogP contribution in [0.2, 0.25) is 0 Å². The Bertz CT molecular complexity index is 1460. The Morgan fingerprint density at radius 1 is 0.709 bits per heavy atom. The van der Waals surface area contributed by atoms with Gasteiger partial charge in [-0.05, 0) is 117 Å². The molecule has 3 heterocycles. The SMILES string of the molecule is CC(C)(O)[C@H]1CC[C@@](C)([C@@H]2[C@H](O)C[C@]3(C)[C@@H]4C[C@@H](O[C@H]5O[C@@H](CO)[C@H](O)[C@@H](O)[C@@H]5O)[C@H]5C(C)(C)[C@H](O[C@H]6OC[C@H](O)[C@@H](O)[C@@H]6O)CC[C@]56C[C@]46CC[C@@]23C)O1. The molecule has 0 aromatic carbocycles. The highest BCUT2D eigenvalue weighted by molar-refractivity contribution is 5.33. The molecule has 0 unspecified atom stereocenters. The Morgan fingerprint density at radius 3 is 2.05 bits per heavy atom. The quantitative estimate of drug-likeness (QED) is 0.162. The molecule has 8 fully saturated rings. The van der Waals surface area contributed by atoms with E-state index in [0.717, 1.165) is 32.1 Å². The van der Waals surface area contributed by atoms with Crippen molar-refractivity contribution in [3.05, 3.63) is 0 Å². The van der Waals surface area contributed by atoms with E-state index >= 15 is 0 Å². The lowest BCUT2D eigenvalue weighted by molar-refractivity contribution is -0.339. The molecule has 0 bridgehead atoms. The summed E-state index contributed by atoms with van der Waals surface area (Å²) in [6, 6.07) is 0. The number of hydrogen-bond acceptors (Lipinski definition) is 14. The third kappa shape index (κ3) is 5.70. The van der Waals surface area contributed by atoms with Crippen LogP contribution in [0.4, 0.5) is 0 Å². The standard InChI is InChI=1S/C41H68O14/c1-35(2)24(54-33-29(48)26(45)20(44)17-51-33)9-11-41-18-40(41)13-12-37(5)31(39(7)10-8-25(55-39)36(3,4)50)19(43)15-38(37,6)23(40)14-21(32(35)41)52-34-30(49)28(47)27(46)22(16-42)53-34/h19-34,42-50H,8-18H2,1-7H3/t19-,20+,21-,22+,23+,24-,25-,26-,27+,28-,29+,30+,31-,32+,33-,34+,37+,38-,39+,40-,41+/m1/s1. The van der Waals surface area contributed by atoms with Crippen molar-refractivity contribution in [3.63, 3.8) is 0 Å². The van der Waals surface area contributed by atoms with Gasteiger partial charge < -0.3 is 69.6 Å². The zero-order valence-electron chi connectivity index (χ0n) is 33.6. The van der Waals surface area contributed by atoms with E-state index in [1.165, 1.54) is 0 Å². The van der Waals surface area contributed by atoms with Gasteiger partial charge in [0.2, 0.25) is 0 Å². The minimum atomic E-state index is -1.60. The topological polar surface area (TPSA) is 228 Å². The molecule has 5 saturated carbocycles. The largest absolute Gasteiger partial charge is 0.394 e. The average Bonchev–Trinajstić information content (AvgIpc) is 3.47. The van der Waals surface area contributed by atoms with Crippen LogP contribution in [0.25, 0.3) is 0 Å². The van der Waals surface area contributed by atoms with Crippen LogP contribution in [0, 0.1) is 44.8 Å². The Kier molecular flexibility index (Phi) is 9.90. The van der Waals surface area contributed by atoms with Gasteiger partial charge in [0, 0.05) is 5.92 Å². The highest BCUT2D eigenvalue weighted by atomic mass is 16.7. The van der Waals surface area contributed by atoms with E-state index < -0.39 is 96.8 Å². The predicted octanol–water partition coefficient (Wildman–Crippen LogP) is 0.724. The number of rotatable bonds is 7. The first-order valence-electron chi connectivity index (χ1n) is 20.9. The smallest absolute Gasteiger partial charge is 0.186 e. The lowest BCUT2D eigenvalue weighted by Crippen LogP contribution is -2.65. The molecule has 8 rings (SSSR count). The average molecular weight is 785 g/mol. The van der Waals surface area contributed by atoms with Crippen LogP contribution in [0.3, 0.4) is 0 Å². The van der Waals surface area contributed by atoms with Crippen LogP contribution < -0.4 is 0 Å². The maximum absolute atomic E-state index is 12.2. The molecule has 55 heavy (non-hydrogen) atoms. The maximum atomic E-state index is 12.2. The molecule has 316 valence electrons. The van der Waals surface area contributed by atoms with E-state index in [4.69, 9.17) is 23.7 Å². The van der Waals surface area contributed by atoms with E-state index in [0.29, 0.717) is 25.7 Å². The van der Waals surface area contributed by atoms with Gasteiger partial charge in [-0.25, -0.2) is 0 Å². The number of fused-ring (bicyclic) bond motifs is 2. The van der Waals surface area contributed by atoms with Crippen molar-refractivity contribution < 1.29 is 69.6 Å². The van der Waals surface area contributed by atoms with Gasteiger partial charge in [0.05, 0.1) is 48.8 Å². The van der Waals surface area contributed by atoms with Gasteiger partial charge >= 0.3 is 0 Å². The normalized spacial score (nSPS) is 58.7. The summed E-state index contributed by atoms with van der Waals surface area (Å²) in [5.41, 5.74) is -3.16. The Labute approximate surface area is 324 Å². The van der Waals surface area contributed by atoms with E-state index in [1.807, 2.05) is 0 Å². The first-order chi connectivity index (χ1) is 25.5. The lowest BCUT2D eigenvalue weighted by Gasteiger charge is -2.65. The molecule has 3 saturated heterocycles. The molecule has 2 spiro atoms. The summed E-state index contributed by atoms with van der Waals surface area (Å²) < 4.78 is 31.9. The first kappa shape index (κ1) is 41.2. The fraction of sp³-hybridized carbons (Fsp3) is 1.00. The van der Waals surface area contributed by atoms with Gasteiger partial charge in [-0.15, -0.1) is 0 Å². The molecule has 0 radical (unpaired) electrons. The monoisotopic (exact) mass is 784 g/mol. The summed E-state index contributed by atoms with van der Waals surface area (Å²) >= 11 is 0. The molecule has 21 atom stereocenters. The minimum Gasteiger partial charge on any atom is -0.394 e. The van der Waals surface area contributed by atoms with E-state index in [9.17, 15) is 46.0 Å². The van der Waals surface area contributed by atoms with Crippen LogP contribution in [0.15, 0.2) is 0 Å². The molecule has 0 amide bonds. The summed E-state index contributed by atoms with van der Waals surface area (Å²) in [6.45, 7) is 13.8. The molecule has 14 nitrogen and oxygen atoms in total. The summed E-state index contributed by atoms with van der Waals surface area (Å²) in [5.74, 6) is -0.215. The molecule has 3 aliphatic heterocycles. The van der Waals surface area contributed by atoms with Crippen LogP contribution in [0.5, 0.6) is 0 Å². The van der Waals surface area contributed by atoms with Gasteiger partial charge in [-0.3, -0.25) is 0 Å². The zero-order chi connectivity index (χ0) is 40.1. The molecular weight excluding hydrogens is 716 g/mol. The van der Waals surface area contributed by atoms with Gasteiger partial charge in [0.1, 0.15) is 42.7 Å². The highest BCUT2D eigenvalue weighted by Gasteiger charge is 2.85. The summed E-state index contributed by atoms with van der Waals surface area (Å²) in [6.07, 6.45) is -7.48. The highest BCUT2D eigenvalue weighted by Crippen LogP contribution is 2.89. The van der Waals surface area contributed by atoms with Crippen LogP contribution >= 0.6 is 0 Å². The minimum absolute atomic E-state index is 0.0633. The Morgan fingerprint density at radius 2 is 1.40 bits per heavy atom. The predicted molar refractivity (Wildman–Crippen MR) is 194 cm³/mol. The van der Waals surface area contributed by atoms with Crippen molar-refractivity contribution in [1.29, 1.82) is 0 Å². The number of aliphatic hydroxyl groups excluding tert-OH is 8. The van der Waals surface area contributed by atoms with Crippen molar-refractivity contribution in [1.82, 2.24) is 0 Å². The van der Waals surface area contributed by atoms with Gasteiger partial charge in [0.15, 0.2) is 12.6 Å². The second-order valence-corrected chi connectivity index (χ2v) is 21.1. The van der Waals surface area contributed by atoms with Crippen molar-refractivity contribution in [3.8, 4) is 0 Å². The van der Waals surface area contributed by atoms with E-state index in [1.54, 1.807) is 13.8 Å². The second-order valence-electron chi connectivity index (χ2n) is 21.1. The fourth-order valence-corrected chi connectivity index (χ4v) is 14.9. The Balaban J connectivity index is 1.15. The third-order valence-electron chi connectivity index (χ3n) is 17.6. The van der Waals surface area contributed by atoms with Crippen LogP contribution in [-0.4, -0.2) is 150 Å². The third-order valence-corrected chi connectivity index (χ3v) is 17.6. The molecular formula is C41H68O14. The van der Waals surface area contributed by atoms with Gasteiger partial charge in [-0.2, -0.15) is 0 Å². The molecule has 0 aromatic rings. The van der Waals surface area contributed by atoms with E-state index in [2.05, 4.69) is 34.6 Å². The van der Waals surface area contributed by atoms with Crippen molar-refractivity contribution in [2.75, 3.05) is 13.2 Å². The number of hydrogen-bond donors (Lipinski definition) is 9. The van der Waals surface area contributed by atoms with Crippen molar-refractivity contribution in [2.45, 2.75) is 197 Å². The molecule has 5 aliphatic carbocycles. The molecule has 14 heteroatoms. The van der Waals surface area contributed by atoms with E-state index in [-0.39, 0.29) is 52.1 Å². The maximum Gasteiger partial charge on any atom is 0.186 e. The lowest BCUT2D eigenvalue weighted by atomic mass is 9.41. The number of aliphatic hydroxyl groups is 9. The summed E-state index contributed by atoms with van der Waals surface area (Å²) in [4.78, 5) is 0. The number of ether oxygens (including phenoxy) is 5. The molecule has 8 aliphatic rings. The molecule has 0 aromatic heterocycles. The molecule has 9 N–H and O–H groups in total.